The molecular weight excluding hydrogens is 102 g/mol. The van der Waals surface area contributed by atoms with Crippen molar-refractivity contribution in [3.63, 3.8) is 0 Å². The van der Waals surface area contributed by atoms with Crippen LogP contribution in [0.25, 0.3) is 0 Å². The molecule has 48 valence electrons. The summed E-state index contributed by atoms with van der Waals surface area (Å²) in [6.07, 6.45) is 0.816. The first kappa shape index (κ1) is 6.05. The molecule has 1 unspecified atom stereocenters. The van der Waals surface area contributed by atoms with Crippen LogP contribution in [0.2, 0.25) is 0 Å². The predicted octanol–water partition coefficient (Wildman–Crippen LogP) is -1.18. The van der Waals surface area contributed by atoms with Gasteiger partial charge in [0.05, 0.1) is 12.6 Å². The van der Waals surface area contributed by atoms with Crippen LogP contribution in [0.3, 0.4) is 0 Å². The lowest BCUT2D eigenvalue weighted by atomic mass is 10.2. The summed E-state index contributed by atoms with van der Waals surface area (Å²) < 4.78 is 0. The Balaban J connectivity index is 2.39. The summed E-state index contributed by atoms with van der Waals surface area (Å²) >= 11 is 0. The molecule has 1 rings (SSSR count). The van der Waals surface area contributed by atoms with Crippen molar-refractivity contribution in [2.75, 3.05) is 6.54 Å². The van der Waals surface area contributed by atoms with Gasteiger partial charge in [0.2, 0.25) is 0 Å². The largest absolute Gasteiger partial charge is 0.463 e. The van der Waals surface area contributed by atoms with Gasteiger partial charge >= 0.3 is 0 Å². The number of hydrogen-bond acceptors (Lipinski definition) is 1. The van der Waals surface area contributed by atoms with Gasteiger partial charge in [0, 0.05) is 6.42 Å². The Morgan fingerprint density at radius 2 is 2.38 bits per heavy atom. The minimum absolute atomic E-state index is 0.0995. The molecule has 0 amide bonds. The Bertz CT molecular complexity index is 74.6. The predicted molar refractivity (Wildman–Crippen MR) is 31.3 cm³/mol. The van der Waals surface area contributed by atoms with E-state index >= 15 is 0 Å². The quantitative estimate of drug-likeness (QED) is 0.381. The number of nitrogens with one attached hydrogen (secondary N) is 1. The SMILES string of the molecule is [CH2-][NH+]1C[C@H](O)C[C@@H]1C. The van der Waals surface area contributed by atoms with Crippen molar-refractivity contribution < 1.29 is 10.0 Å². The van der Waals surface area contributed by atoms with E-state index < -0.39 is 0 Å². The molecule has 3 atom stereocenters. The Kier molecular flexibility index (Phi) is 1.54. The van der Waals surface area contributed by atoms with E-state index in [1.54, 1.807) is 0 Å². The third-order valence-corrected chi connectivity index (χ3v) is 1.82. The molecule has 1 heterocycles. The van der Waals surface area contributed by atoms with Gasteiger partial charge in [0.1, 0.15) is 6.10 Å². The minimum Gasteiger partial charge on any atom is -0.463 e. The van der Waals surface area contributed by atoms with Crippen LogP contribution < -0.4 is 4.90 Å². The van der Waals surface area contributed by atoms with Crippen LogP contribution in [0, 0.1) is 7.05 Å². The Morgan fingerprint density at radius 3 is 2.50 bits per heavy atom. The fourth-order valence-corrected chi connectivity index (χ4v) is 1.16. The summed E-state index contributed by atoms with van der Waals surface area (Å²) in [6.45, 7) is 2.93. The molecule has 2 N–H and O–H groups in total. The summed E-state index contributed by atoms with van der Waals surface area (Å²) in [5.41, 5.74) is 0. The molecule has 1 aliphatic heterocycles. The Labute approximate surface area is 50.1 Å². The van der Waals surface area contributed by atoms with Crippen molar-refractivity contribution in [2.45, 2.75) is 25.5 Å². The molecule has 8 heavy (non-hydrogen) atoms. The standard InChI is InChI=1S/C6H13NO/c1-5-3-6(8)4-7(5)2/h5-8H,2-4H2,1H3/t5-,6+/m0/s1. The van der Waals surface area contributed by atoms with E-state index in [4.69, 9.17) is 5.11 Å². The summed E-state index contributed by atoms with van der Waals surface area (Å²) in [5, 5.41) is 9.01. The average Bonchev–Trinajstić information content (AvgIpc) is 1.85. The van der Waals surface area contributed by atoms with Crippen molar-refractivity contribution in [2.24, 2.45) is 0 Å². The van der Waals surface area contributed by atoms with Gasteiger partial charge in [-0.2, -0.15) is 7.05 Å². The highest BCUT2D eigenvalue weighted by atomic mass is 16.3. The summed E-state index contributed by atoms with van der Waals surface area (Å²) in [7, 11) is 3.83. The highest BCUT2D eigenvalue weighted by molar-refractivity contribution is 4.65. The third-order valence-electron chi connectivity index (χ3n) is 1.82. The second-order valence-electron chi connectivity index (χ2n) is 2.65. The molecule has 0 radical (unpaired) electrons. The number of likely N-dealkylation sites (tertiary alicyclic amines) is 1. The van der Waals surface area contributed by atoms with Gasteiger partial charge < -0.3 is 10.0 Å². The molecular formula is C6H13NO. The molecule has 0 aromatic heterocycles. The highest BCUT2D eigenvalue weighted by Crippen LogP contribution is 1.98. The Morgan fingerprint density at radius 1 is 1.75 bits per heavy atom. The van der Waals surface area contributed by atoms with E-state index in [0.717, 1.165) is 13.0 Å². The molecule has 0 spiro atoms. The Hall–Kier alpha value is -0.0800. The van der Waals surface area contributed by atoms with Gasteiger partial charge in [-0.05, 0) is 6.92 Å². The van der Waals surface area contributed by atoms with Crippen LogP contribution >= 0.6 is 0 Å². The van der Waals surface area contributed by atoms with E-state index in [0.29, 0.717) is 6.04 Å². The summed E-state index contributed by atoms with van der Waals surface area (Å²) in [5.74, 6) is 0. The number of hydrogen-bond donors (Lipinski definition) is 2. The first-order valence-electron chi connectivity index (χ1n) is 3.06. The fourth-order valence-electron chi connectivity index (χ4n) is 1.16. The summed E-state index contributed by atoms with van der Waals surface area (Å²) in [6, 6.07) is 0.546. The second kappa shape index (κ2) is 2.03. The van der Waals surface area contributed by atoms with E-state index in [2.05, 4.69) is 14.0 Å². The molecule has 0 aliphatic carbocycles. The van der Waals surface area contributed by atoms with Gasteiger partial charge in [-0.1, -0.05) is 0 Å². The smallest absolute Gasteiger partial charge is 0.106 e. The average molecular weight is 115 g/mol. The van der Waals surface area contributed by atoms with Gasteiger partial charge in [-0.15, -0.1) is 0 Å². The maximum atomic E-state index is 9.01. The van der Waals surface area contributed by atoms with Crippen molar-refractivity contribution >= 4 is 0 Å². The lowest BCUT2D eigenvalue weighted by Gasteiger charge is -2.17. The number of rotatable bonds is 0. The van der Waals surface area contributed by atoms with Crippen LogP contribution in [0.4, 0.5) is 0 Å². The van der Waals surface area contributed by atoms with Gasteiger partial charge in [-0.3, -0.25) is 0 Å². The van der Waals surface area contributed by atoms with Crippen LogP contribution in [0.5, 0.6) is 0 Å². The van der Waals surface area contributed by atoms with Gasteiger partial charge in [0.25, 0.3) is 0 Å². The van der Waals surface area contributed by atoms with E-state index in [9.17, 15) is 0 Å². The lowest BCUT2D eigenvalue weighted by molar-refractivity contribution is -0.865. The maximum absolute atomic E-state index is 9.01. The number of quaternary nitrogens is 1. The molecule has 2 nitrogen and oxygen atoms in total. The fraction of sp³-hybridized carbons (Fsp3) is 0.833. The van der Waals surface area contributed by atoms with Crippen LogP contribution in [-0.2, 0) is 0 Å². The van der Waals surface area contributed by atoms with E-state index in [1.165, 1.54) is 4.90 Å². The first-order valence-corrected chi connectivity index (χ1v) is 3.06. The molecule has 0 saturated carbocycles. The molecule has 0 aromatic rings. The topological polar surface area (TPSA) is 24.7 Å². The van der Waals surface area contributed by atoms with Crippen LogP contribution in [0.1, 0.15) is 13.3 Å². The zero-order chi connectivity index (χ0) is 6.15. The lowest BCUT2D eigenvalue weighted by Crippen LogP contribution is -3.08. The van der Waals surface area contributed by atoms with Crippen LogP contribution in [-0.4, -0.2) is 23.8 Å². The van der Waals surface area contributed by atoms with Crippen molar-refractivity contribution in [3.05, 3.63) is 7.05 Å². The van der Waals surface area contributed by atoms with Crippen LogP contribution in [0.15, 0.2) is 0 Å². The molecule has 1 fully saturated rings. The number of aliphatic hydroxyl groups is 1. The first-order chi connectivity index (χ1) is 3.70. The maximum Gasteiger partial charge on any atom is 0.106 e. The summed E-state index contributed by atoms with van der Waals surface area (Å²) in [4.78, 5) is 1.21. The van der Waals surface area contributed by atoms with Crippen molar-refractivity contribution in [3.8, 4) is 0 Å². The zero-order valence-electron chi connectivity index (χ0n) is 5.22. The third kappa shape index (κ3) is 1.01. The van der Waals surface area contributed by atoms with Crippen molar-refractivity contribution in [1.82, 2.24) is 0 Å². The van der Waals surface area contributed by atoms with E-state index in [-0.39, 0.29) is 6.10 Å². The van der Waals surface area contributed by atoms with Gasteiger partial charge in [0.15, 0.2) is 0 Å². The van der Waals surface area contributed by atoms with E-state index in [1.807, 2.05) is 0 Å². The molecule has 1 aliphatic rings. The highest BCUT2D eigenvalue weighted by Gasteiger charge is 2.24. The zero-order valence-corrected chi connectivity index (χ0v) is 5.22. The molecule has 2 heteroatoms. The monoisotopic (exact) mass is 115 g/mol. The molecule has 1 saturated heterocycles. The number of aliphatic hydroxyl groups excluding tert-OH is 1. The minimum atomic E-state index is -0.0995. The van der Waals surface area contributed by atoms with Crippen molar-refractivity contribution in [1.29, 1.82) is 0 Å². The molecule has 0 aromatic carbocycles. The second-order valence-corrected chi connectivity index (χ2v) is 2.65. The normalized spacial score (nSPS) is 47.6. The molecule has 0 bridgehead atoms. The van der Waals surface area contributed by atoms with Gasteiger partial charge in [-0.25, -0.2) is 0 Å².